The Morgan fingerprint density at radius 2 is 1.49 bits per heavy atom. The Labute approximate surface area is 264 Å². The Hall–Kier alpha value is -4.21. The third kappa shape index (κ3) is 5.08. The van der Waals surface area contributed by atoms with Crippen LogP contribution in [0.15, 0.2) is 84.9 Å². The fourth-order valence-electron chi connectivity index (χ4n) is 8.02. The highest BCUT2D eigenvalue weighted by atomic mass is 16.5. The van der Waals surface area contributed by atoms with E-state index >= 15 is 0 Å². The molecule has 6 rings (SSSR count). The van der Waals surface area contributed by atoms with E-state index in [-0.39, 0.29) is 18.4 Å². The van der Waals surface area contributed by atoms with E-state index in [2.05, 4.69) is 29.4 Å². The lowest BCUT2D eigenvalue weighted by molar-refractivity contribution is -0.148. The molecule has 2 bridgehead atoms. The fraction of sp³-hybridized carbons (Fsp3) is 0.417. The van der Waals surface area contributed by atoms with Crippen LogP contribution in [-0.2, 0) is 19.1 Å². The number of carbonyl (C=O) groups excluding carboxylic acids is 3. The van der Waals surface area contributed by atoms with Gasteiger partial charge in [0.15, 0.2) is 0 Å². The van der Waals surface area contributed by atoms with Crippen LogP contribution in [0, 0.1) is 11.8 Å². The molecule has 0 saturated carbocycles. The Balaban J connectivity index is 1.40. The van der Waals surface area contributed by atoms with Crippen molar-refractivity contribution >= 4 is 34.8 Å². The maximum atomic E-state index is 14.7. The molecule has 3 aliphatic heterocycles. The quantitative estimate of drug-likeness (QED) is 0.282. The lowest BCUT2D eigenvalue weighted by atomic mass is 9.65. The largest absolute Gasteiger partial charge is 0.394 e. The number of amides is 3. The number of hydrogen-bond donors (Lipinski definition) is 3. The Kier molecular flexibility index (Phi) is 8.41. The highest BCUT2D eigenvalue weighted by Gasteiger charge is 2.79. The zero-order valence-corrected chi connectivity index (χ0v) is 26.1. The van der Waals surface area contributed by atoms with Gasteiger partial charge in [-0.3, -0.25) is 14.4 Å². The summed E-state index contributed by atoms with van der Waals surface area (Å²) in [5.74, 6) is -2.72. The van der Waals surface area contributed by atoms with E-state index in [1.165, 1.54) is 4.90 Å². The first-order chi connectivity index (χ1) is 21.8. The zero-order chi connectivity index (χ0) is 31.8. The molecule has 2 unspecified atom stereocenters. The van der Waals surface area contributed by atoms with Crippen LogP contribution in [-0.4, -0.2) is 64.7 Å². The molecule has 3 fully saturated rings. The number of anilines is 3. The van der Waals surface area contributed by atoms with Gasteiger partial charge in [0, 0.05) is 30.2 Å². The first-order valence-corrected chi connectivity index (χ1v) is 16.0. The van der Waals surface area contributed by atoms with Crippen LogP contribution >= 0.6 is 0 Å². The van der Waals surface area contributed by atoms with Gasteiger partial charge < -0.3 is 30.3 Å². The number of rotatable bonds is 11. The molecule has 6 atom stereocenters. The third-order valence-electron chi connectivity index (χ3n) is 10.1. The number of likely N-dealkylation sites (tertiary alicyclic amines) is 1. The molecule has 3 aromatic rings. The van der Waals surface area contributed by atoms with Gasteiger partial charge in [0.25, 0.3) is 0 Å². The monoisotopic (exact) mass is 610 g/mol. The number of hydrogen-bond acceptors (Lipinski definition) is 6. The SMILES string of the molecule is CCN(CC)c1ccc(NC(=O)C2N([C@H](CO)c3ccccc3)C(=O)[C@@H]3[C@@H](C(=O)Nc4ccccc4)[C@@]4(CC)CCC23O4)cc1. The highest BCUT2D eigenvalue weighted by Crippen LogP contribution is 2.65. The van der Waals surface area contributed by atoms with Crippen LogP contribution in [0.5, 0.6) is 0 Å². The molecule has 45 heavy (non-hydrogen) atoms. The van der Waals surface area contributed by atoms with Crippen LogP contribution in [0.1, 0.15) is 51.6 Å². The molecule has 9 heteroatoms. The first kappa shape index (κ1) is 30.8. The molecule has 3 amide bonds. The molecule has 0 aromatic heterocycles. The van der Waals surface area contributed by atoms with E-state index in [0.29, 0.717) is 36.2 Å². The van der Waals surface area contributed by atoms with Gasteiger partial charge in [0.05, 0.1) is 30.1 Å². The molecule has 3 N–H and O–H groups in total. The van der Waals surface area contributed by atoms with Crippen molar-refractivity contribution in [3.8, 4) is 0 Å². The maximum Gasteiger partial charge on any atom is 0.250 e. The minimum atomic E-state index is -1.22. The number of aliphatic hydroxyl groups excluding tert-OH is 1. The molecular formula is C36H42N4O5. The summed E-state index contributed by atoms with van der Waals surface area (Å²) in [7, 11) is 0. The minimum absolute atomic E-state index is 0.295. The molecule has 236 valence electrons. The number of benzene rings is 3. The smallest absolute Gasteiger partial charge is 0.250 e. The summed E-state index contributed by atoms with van der Waals surface area (Å²) in [5.41, 5.74) is 0.882. The van der Waals surface area contributed by atoms with Gasteiger partial charge >= 0.3 is 0 Å². The summed E-state index contributed by atoms with van der Waals surface area (Å²) in [5, 5.41) is 16.8. The van der Waals surface area contributed by atoms with Gasteiger partial charge in [-0.1, -0.05) is 55.5 Å². The predicted molar refractivity (Wildman–Crippen MR) is 174 cm³/mol. The molecular weight excluding hydrogens is 568 g/mol. The molecule has 0 radical (unpaired) electrons. The van der Waals surface area contributed by atoms with Gasteiger partial charge in [-0.15, -0.1) is 0 Å². The van der Waals surface area contributed by atoms with Crippen molar-refractivity contribution in [2.45, 2.75) is 63.3 Å². The molecule has 3 aromatic carbocycles. The lowest BCUT2D eigenvalue weighted by Crippen LogP contribution is -2.54. The standard InChI is InChI=1S/C36H42N4O5/c1-4-35-21-22-36(45-35)30(29(35)32(42)37-25-15-11-8-12-16-25)34(44)40(28(23-41)24-13-9-7-10-14-24)31(36)33(43)38-26-17-19-27(20-18-26)39(5-2)6-3/h7-20,28-31,41H,4-6,21-23H2,1-3H3,(H,37,42)(H,38,43)/t28-,29+,30+,31?,35-,36?/m1/s1. The van der Waals surface area contributed by atoms with Gasteiger partial charge in [-0.05, 0) is 75.1 Å². The average Bonchev–Trinajstić information content (AvgIpc) is 3.67. The Morgan fingerprint density at radius 3 is 2.09 bits per heavy atom. The van der Waals surface area contributed by atoms with Crippen LogP contribution in [0.25, 0.3) is 0 Å². The minimum Gasteiger partial charge on any atom is -0.394 e. The second-order valence-electron chi connectivity index (χ2n) is 12.3. The number of fused-ring (bicyclic) bond motifs is 1. The number of ether oxygens (including phenoxy) is 1. The van der Waals surface area contributed by atoms with Gasteiger partial charge in [0.2, 0.25) is 17.7 Å². The van der Waals surface area contributed by atoms with Crippen molar-refractivity contribution in [3.63, 3.8) is 0 Å². The van der Waals surface area contributed by atoms with E-state index in [1.54, 1.807) is 0 Å². The molecule has 1 spiro atoms. The van der Waals surface area contributed by atoms with E-state index in [4.69, 9.17) is 4.74 Å². The summed E-state index contributed by atoms with van der Waals surface area (Å²) in [6, 6.07) is 24.2. The van der Waals surface area contributed by atoms with Crippen LogP contribution in [0.2, 0.25) is 0 Å². The van der Waals surface area contributed by atoms with E-state index in [0.717, 1.165) is 18.8 Å². The van der Waals surface area contributed by atoms with E-state index in [1.807, 2.05) is 91.9 Å². The second-order valence-corrected chi connectivity index (χ2v) is 12.3. The number of nitrogens with one attached hydrogen (secondary N) is 2. The van der Waals surface area contributed by atoms with Crippen LogP contribution in [0.3, 0.4) is 0 Å². The lowest BCUT2D eigenvalue weighted by Gasteiger charge is -2.37. The van der Waals surface area contributed by atoms with E-state index in [9.17, 15) is 19.5 Å². The Bertz CT molecular complexity index is 1530. The first-order valence-electron chi connectivity index (χ1n) is 16.0. The van der Waals surface area contributed by atoms with Gasteiger partial charge in [0.1, 0.15) is 11.6 Å². The van der Waals surface area contributed by atoms with Crippen molar-refractivity contribution in [2.24, 2.45) is 11.8 Å². The average molecular weight is 611 g/mol. The summed E-state index contributed by atoms with van der Waals surface area (Å²) >= 11 is 0. The molecule has 9 nitrogen and oxygen atoms in total. The van der Waals surface area contributed by atoms with Crippen molar-refractivity contribution in [2.75, 3.05) is 35.2 Å². The fourth-order valence-corrected chi connectivity index (χ4v) is 8.02. The number of nitrogens with zero attached hydrogens (tertiary/aromatic N) is 2. The second kappa shape index (κ2) is 12.3. The van der Waals surface area contributed by atoms with Crippen molar-refractivity contribution in [1.29, 1.82) is 0 Å². The predicted octanol–water partition coefficient (Wildman–Crippen LogP) is 5.00. The van der Waals surface area contributed by atoms with Crippen molar-refractivity contribution < 1.29 is 24.2 Å². The molecule has 0 aliphatic carbocycles. The summed E-state index contributed by atoms with van der Waals surface area (Å²) in [6.07, 6.45) is 1.52. The van der Waals surface area contributed by atoms with E-state index < -0.39 is 41.0 Å². The van der Waals surface area contributed by atoms with Gasteiger partial charge in [-0.25, -0.2) is 0 Å². The Morgan fingerprint density at radius 1 is 0.889 bits per heavy atom. The summed E-state index contributed by atoms with van der Waals surface area (Å²) < 4.78 is 6.90. The molecule has 3 saturated heterocycles. The number of para-hydroxylation sites is 1. The number of aliphatic hydroxyl groups is 1. The third-order valence-corrected chi connectivity index (χ3v) is 10.1. The molecule has 3 heterocycles. The zero-order valence-electron chi connectivity index (χ0n) is 26.1. The van der Waals surface area contributed by atoms with Crippen LogP contribution in [0.4, 0.5) is 17.1 Å². The molecule has 3 aliphatic rings. The topological polar surface area (TPSA) is 111 Å². The van der Waals surface area contributed by atoms with Gasteiger partial charge in [-0.2, -0.15) is 0 Å². The number of carbonyl (C=O) groups is 3. The summed E-state index contributed by atoms with van der Waals surface area (Å²) in [4.78, 5) is 46.9. The summed E-state index contributed by atoms with van der Waals surface area (Å²) in [6.45, 7) is 7.50. The maximum absolute atomic E-state index is 14.7. The van der Waals surface area contributed by atoms with Crippen molar-refractivity contribution in [1.82, 2.24) is 4.90 Å². The van der Waals surface area contributed by atoms with Crippen LogP contribution < -0.4 is 15.5 Å². The highest BCUT2D eigenvalue weighted by molar-refractivity contribution is 6.05. The van der Waals surface area contributed by atoms with Crippen molar-refractivity contribution in [3.05, 3.63) is 90.5 Å². The normalized spacial score (nSPS) is 27.2.